The van der Waals surface area contributed by atoms with Gasteiger partial charge in [-0.05, 0) is 54.7 Å². The van der Waals surface area contributed by atoms with Gasteiger partial charge in [-0.1, -0.05) is 42.5 Å². The summed E-state index contributed by atoms with van der Waals surface area (Å²) in [5.41, 5.74) is 1.79. The lowest BCUT2D eigenvalue weighted by atomic mass is 10.0. The van der Waals surface area contributed by atoms with Crippen LogP contribution in [0, 0.1) is 5.82 Å². The van der Waals surface area contributed by atoms with Crippen LogP contribution >= 0.6 is 11.3 Å². The predicted octanol–water partition coefficient (Wildman–Crippen LogP) is 5.28. The van der Waals surface area contributed by atoms with E-state index in [1.165, 1.54) is 23.5 Å². The maximum Gasteiger partial charge on any atom is 0.264 e. The highest BCUT2D eigenvalue weighted by Crippen LogP contribution is 2.32. The van der Waals surface area contributed by atoms with Crippen molar-refractivity contribution in [1.29, 1.82) is 0 Å². The summed E-state index contributed by atoms with van der Waals surface area (Å²) in [6.07, 6.45) is 1.84. The summed E-state index contributed by atoms with van der Waals surface area (Å²) in [4.78, 5) is 16.6. The SMILES string of the molecule is O=C(c1ccc(-c2ccc(F)cc2)s1)N1CCC[C@H]1C[C@@H](O)c1ccccc1. The molecule has 3 aromatic rings. The van der Waals surface area contributed by atoms with E-state index < -0.39 is 6.10 Å². The Balaban J connectivity index is 1.47. The van der Waals surface area contributed by atoms with Gasteiger partial charge in [0.15, 0.2) is 0 Å². The molecule has 0 spiro atoms. The lowest BCUT2D eigenvalue weighted by molar-refractivity contribution is 0.0671. The molecule has 2 aromatic carbocycles. The molecule has 0 radical (unpaired) electrons. The molecule has 0 saturated carbocycles. The van der Waals surface area contributed by atoms with Crippen LogP contribution < -0.4 is 0 Å². The average molecular weight is 395 g/mol. The Kier molecular flexibility index (Phi) is 5.55. The van der Waals surface area contributed by atoms with Crippen LogP contribution in [-0.4, -0.2) is 28.5 Å². The summed E-state index contributed by atoms with van der Waals surface area (Å²) in [5.74, 6) is -0.255. The Bertz CT molecular complexity index is 939. The van der Waals surface area contributed by atoms with E-state index in [4.69, 9.17) is 0 Å². The van der Waals surface area contributed by atoms with Gasteiger partial charge in [0.05, 0.1) is 11.0 Å². The summed E-state index contributed by atoms with van der Waals surface area (Å²) < 4.78 is 13.1. The molecule has 1 aliphatic heterocycles. The molecule has 1 saturated heterocycles. The summed E-state index contributed by atoms with van der Waals surface area (Å²) >= 11 is 1.43. The average Bonchev–Trinajstić information content (AvgIpc) is 3.39. The van der Waals surface area contributed by atoms with Gasteiger partial charge in [-0.2, -0.15) is 0 Å². The van der Waals surface area contributed by atoms with Gasteiger partial charge in [0.2, 0.25) is 0 Å². The molecule has 0 aliphatic carbocycles. The minimum Gasteiger partial charge on any atom is -0.388 e. The van der Waals surface area contributed by atoms with Crippen molar-refractivity contribution in [3.63, 3.8) is 0 Å². The number of amides is 1. The Labute approximate surface area is 168 Å². The van der Waals surface area contributed by atoms with E-state index in [0.29, 0.717) is 11.3 Å². The van der Waals surface area contributed by atoms with Crippen molar-refractivity contribution in [2.45, 2.75) is 31.4 Å². The lowest BCUT2D eigenvalue weighted by Gasteiger charge is -2.26. The second kappa shape index (κ2) is 8.25. The Morgan fingerprint density at radius 3 is 2.61 bits per heavy atom. The second-order valence-electron chi connectivity index (χ2n) is 7.13. The highest BCUT2D eigenvalue weighted by Gasteiger charge is 2.32. The topological polar surface area (TPSA) is 40.5 Å². The van der Waals surface area contributed by atoms with Crippen molar-refractivity contribution in [3.05, 3.63) is 83.0 Å². The highest BCUT2D eigenvalue weighted by atomic mass is 32.1. The molecule has 2 heterocycles. The van der Waals surface area contributed by atoms with Crippen molar-refractivity contribution in [2.24, 2.45) is 0 Å². The molecule has 3 nitrogen and oxygen atoms in total. The van der Waals surface area contributed by atoms with E-state index in [0.717, 1.165) is 35.4 Å². The molecule has 1 N–H and O–H groups in total. The maximum absolute atomic E-state index is 13.1. The highest BCUT2D eigenvalue weighted by molar-refractivity contribution is 7.17. The number of nitrogens with zero attached hydrogens (tertiary/aromatic N) is 1. The van der Waals surface area contributed by atoms with Crippen molar-refractivity contribution >= 4 is 17.2 Å². The first-order chi connectivity index (χ1) is 13.6. The van der Waals surface area contributed by atoms with Crippen molar-refractivity contribution in [3.8, 4) is 10.4 Å². The fourth-order valence-electron chi connectivity index (χ4n) is 3.78. The summed E-state index contributed by atoms with van der Waals surface area (Å²) in [5, 5.41) is 10.6. The Hall–Kier alpha value is -2.50. The second-order valence-corrected chi connectivity index (χ2v) is 8.21. The van der Waals surface area contributed by atoms with E-state index in [1.807, 2.05) is 47.4 Å². The van der Waals surface area contributed by atoms with Gasteiger partial charge in [0.1, 0.15) is 5.82 Å². The van der Waals surface area contributed by atoms with Gasteiger partial charge in [0.25, 0.3) is 5.91 Å². The first-order valence-electron chi connectivity index (χ1n) is 9.51. The lowest BCUT2D eigenvalue weighted by Crippen LogP contribution is -2.36. The van der Waals surface area contributed by atoms with E-state index in [1.54, 1.807) is 12.1 Å². The number of rotatable bonds is 5. The number of aliphatic hydroxyl groups is 1. The third-order valence-electron chi connectivity index (χ3n) is 5.26. The molecule has 1 aromatic heterocycles. The van der Waals surface area contributed by atoms with Gasteiger partial charge >= 0.3 is 0 Å². The van der Waals surface area contributed by atoms with Crippen LogP contribution in [0.15, 0.2) is 66.7 Å². The van der Waals surface area contributed by atoms with Crippen LogP contribution in [0.1, 0.15) is 40.6 Å². The largest absolute Gasteiger partial charge is 0.388 e. The standard InChI is InChI=1S/C23H22FNO2S/c24-18-10-8-17(9-11-18)21-12-13-22(28-21)23(27)25-14-4-7-19(25)15-20(26)16-5-2-1-3-6-16/h1-3,5-6,8-13,19-20,26H,4,7,14-15H2/t19-,20+/m0/s1. The smallest absolute Gasteiger partial charge is 0.264 e. The van der Waals surface area contributed by atoms with Crippen LogP contribution in [0.5, 0.6) is 0 Å². The third kappa shape index (κ3) is 4.01. The normalized spacial score (nSPS) is 17.6. The zero-order valence-corrected chi connectivity index (χ0v) is 16.2. The summed E-state index contributed by atoms with van der Waals surface area (Å²) in [7, 11) is 0. The van der Waals surface area contributed by atoms with Gasteiger partial charge in [0, 0.05) is 17.5 Å². The van der Waals surface area contributed by atoms with Gasteiger partial charge in [-0.15, -0.1) is 11.3 Å². The number of benzene rings is 2. The van der Waals surface area contributed by atoms with Crippen LogP contribution in [0.3, 0.4) is 0 Å². The van der Waals surface area contributed by atoms with Crippen molar-refractivity contribution in [2.75, 3.05) is 6.54 Å². The number of halogens is 1. The van der Waals surface area contributed by atoms with E-state index in [-0.39, 0.29) is 17.8 Å². The van der Waals surface area contributed by atoms with Crippen LogP contribution in [0.25, 0.3) is 10.4 Å². The molecule has 5 heteroatoms. The molecule has 28 heavy (non-hydrogen) atoms. The van der Waals surface area contributed by atoms with Gasteiger partial charge in [-0.25, -0.2) is 4.39 Å². The number of aliphatic hydroxyl groups excluding tert-OH is 1. The van der Waals surface area contributed by atoms with E-state index in [9.17, 15) is 14.3 Å². The Morgan fingerprint density at radius 1 is 1.11 bits per heavy atom. The van der Waals surface area contributed by atoms with Gasteiger partial charge < -0.3 is 10.0 Å². The molecule has 4 rings (SSSR count). The number of thiophene rings is 1. The number of carbonyl (C=O) groups excluding carboxylic acids is 1. The third-order valence-corrected chi connectivity index (χ3v) is 6.39. The summed E-state index contributed by atoms with van der Waals surface area (Å²) in [6.45, 7) is 0.717. The number of likely N-dealkylation sites (tertiary alicyclic amines) is 1. The minimum atomic E-state index is -0.572. The zero-order valence-electron chi connectivity index (χ0n) is 15.4. The maximum atomic E-state index is 13.1. The molecule has 1 aliphatic rings. The van der Waals surface area contributed by atoms with E-state index in [2.05, 4.69) is 0 Å². The number of hydrogen-bond acceptors (Lipinski definition) is 3. The number of hydrogen-bond donors (Lipinski definition) is 1. The monoisotopic (exact) mass is 395 g/mol. The molecular weight excluding hydrogens is 373 g/mol. The molecule has 1 fully saturated rings. The predicted molar refractivity (Wildman–Crippen MR) is 110 cm³/mol. The van der Waals surface area contributed by atoms with Crippen LogP contribution in [0.2, 0.25) is 0 Å². The van der Waals surface area contributed by atoms with E-state index >= 15 is 0 Å². The Morgan fingerprint density at radius 2 is 1.86 bits per heavy atom. The molecule has 0 bridgehead atoms. The zero-order chi connectivity index (χ0) is 19.5. The fraction of sp³-hybridized carbons (Fsp3) is 0.261. The van der Waals surface area contributed by atoms with Crippen LogP contribution in [-0.2, 0) is 0 Å². The number of carbonyl (C=O) groups is 1. The fourth-order valence-corrected chi connectivity index (χ4v) is 4.75. The van der Waals surface area contributed by atoms with Gasteiger partial charge in [-0.3, -0.25) is 4.79 Å². The molecule has 0 unspecified atom stereocenters. The van der Waals surface area contributed by atoms with Crippen molar-refractivity contribution < 1.29 is 14.3 Å². The molecule has 1 amide bonds. The first-order valence-corrected chi connectivity index (χ1v) is 10.3. The molecule has 144 valence electrons. The first kappa shape index (κ1) is 18.8. The summed E-state index contributed by atoms with van der Waals surface area (Å²) in [6, 6.07) is 19.7. The molecular formula is C23H22FNO2S. The molecule has 2 atom stereocenters. The van der Waals surface area contributed by atoms with Crippen LogP contribution in [0.4, 0.5) is 4.39 Å². The quantitative estimate of drug-likeness (QED) is 0.638. The minimum absolute atomic E-state index is 0.0149. The van der Waals surface area contributed by atoms with Crippen molar-refractivity contribution in [1.82, 2.24) is 4.90 Å².